The molecular weight excluding hydrogens is 342 g/mol. The first-order valence-corrected chi connectivity index (χ1v) is 6.58. The van der Waals surface area contributed by atoms with Crippen LogP contribution in [-0.4, -0.2) is 21.0 Å². The summed E-state index contributed by atoms with van der Waals surface area (Å²) in [6.07, 6.45) is 1.40. The van der Waals surface area contributed by atoms with Crippen molar-refractivity contribution in [1.82, 2.24) is 4.98 Å². The summed E-state index contributed by atoms with van der Waals surface area (Å²) < 4.78 is 0.521. The lowest BCUT2D eigenvalue weighted by atomic mass is 10.2. The van der Waals surface area contributed by atoms with Crippen molar-refractivity contribution in [2.45, 2.75) is 6.92 Å². The molecule has 1 heterocycles. The van der Waals surface area contributed by atoms with E-state index in [-0.39, 0.29) is 11.3 Å². The molecule has 0 aliphatic rings. The van der Waals surface area contributed by atoms with Crippen LogP contribution in [0.5, 0.6) is 0 Å². The van der Waals surface area contributed by atoms with Gasteiger partial charge in [0.05, 0.1) is 22.2 Å². The van der Waals surface area contributed by atoms with Gasteiger partial charge in [-0.3, -0.25) is 10.1 Å². The van der Waals surface area contributed by atoms with E-state index < -0.39 is 10.9 Å². The second kappa shape index (κ2) is 5.88. The average Bonchev–Trinajstić information content (AvgIpc) is 2.42. The molecule has 2 N–H and O–H groups in total. The maximum absolute atomic E-state index is 10.9. The number of carboxylic acids is 1. The molecule has 8 heteroatoms. The molecule has 0 radical (unpaired) electrons. The van der Waals surface area contributed by atoms with Crippen molar-refractivity contribution in [3.63, 3.8) is 0 Å². The van der Waals surface area contributed by atoms with Crippen LogP contribution in [0.4, 0.5) is 17.2 Å². The highest BCUT2D eigenvalue weighted by Crippen LogP contribution is 2.28. The number of aromatic carboxylic acids is 1. The smallest absolute Gasteiger partial charge is 0.335 e. The fourth-order valence-electron chi connectivity index (χ4n) is 1.67. The Bertz CT molecular complexity index is 733. The van der Waals surface area contributed by atoms with Crippen LogP contribution in [0.2, 0.25) is 0 Å². The lowest BCUT2D eigenvalue weighted by Gasteiger charge is -2.09. The molecule has 1 aromatic carbocycles. The first-order valence-electron chi connectivity index (χ1n) is 5.79. The Morgan fingerprint density at radius 1 is 1.43 bits per heavy atom. The number of aryl methyl sites for hydroxylation is 1. The van der Waals surface area contributed by atoms with Gasteiger partial charge >= 0.3 is 5.97 Å². The van der Waals surface area contributed by atoms with Gasteiger partial charge in [0.2, 0.25) is 0 Å². The molecule has 0 amide bonds. The van der Waals surface area contributed by atoms with Crippen molar-refractivity contribution < 1.29 is 14.8 Å². The van der Waals surface area contributed by atoms with Crippen LogP contribution in [0.3, 0.4) is 0 Å². The molecule has 2 rings (SSSR count). The molecule has 0 aliphatic heterocycles. The van der Waals surface area contributed by atoms with Gasteiger partial charge in [-0.25, -0.2) is 9.78 Å². The van der Waals surface area contributed by atoms with Gasteiger partial charge in [0, 0.05) is 16.2 Å². The number of anilines is 2. The third-order valence-corrected chi connectivity index (χ3v) is 3.41. The van der Waals surface area contributed by atoms with Crippen LogP contribution in [0, 0.1) is 17.0 Å². The van der Waals surface area contributed by atoms with E-state index in [1.165, 1.54) is 24.4 Å². The third-order valence-electron chi connectivity index (χ3n) is 2.75. The topological polar surface area (TPSA) is 105 Å². The second-order valence-corrected chi connectivity index (χ2v) is 5.09. The molecule has 0 aliphatic carbocycles. The minimum absolute atomic E-state index is 0.0363. The number of rotatable bonds is 4. The van der Waals surface area contributed by atoms with Gasteiger partial charge in [0.1, 0.15) is 5.82 Å². The lowest BCUT2D eigenvalue weighted by Crippen LogP contribution is -2.00. The molecule has 0 unspecified atom stereocenters. The summed E-state index contributed by atoms with van der Waals surface area (Å²) in [6.45, 7) is 1.60. The zero-order valence-electron chi connectivity index (χ0n) is 10.8. The largest absolute Gasteiger partial charge is 0.478 e. The fourth-order valence-corrected chi connectivity index (χ4v) is 2.14. The summed E-state index contributed by atoms with van der Waals surface area (Å²) in [5.41, 5.74) is 1.12. The summed E-state index contributed by atoms with van der Waals surface area (Å²) in [4.78, 5) is 25.3. The standard InChI is InChI=1S/C13H10BrN3O4/c1-7-6-15-12(5-11(7)17(20)21)16-10-3-2-8(13(18)19)4-9(10)14/h2-6H,1H3,(H,15,16)(H,18,19). The van der Waals surface area contributed by atoms with E-state index in [4.69, 9.17) is 5.11 Å². The average molecular weight is 352 g/mol. The zero-order valence-corrected chi connectivity index (χ0v) is 12.4. The van der Waals surface area contributed by atoms with Gasteiger partial charge in [-0.15, -0.1) is 0 Å². The number of carboxylic acid groups (broad SMARTS) is 1. The number of nitrogens with zero attached hydrogens (tertiary/aromatic N) is 2. The van der Waals surface area contributed by atoms with Crippen LogP contribution in [0.15, 0.2) is 34.9 Å². The Balaban J connectivity index is 2.32. The normalized spacial score (nSPS) is 10.2. The number of hydrogen-bond acceptors (Lipinski definition) is 5. The van der Waals surface area contributed by atoms with Crippen molar-refractivity contribution in [3.8, 4) is 0 Å². The minimum atomic E-state index is -1.04. The molecular formula is C13H10BrN3O4. The highest BCUT2D eigenvalue weighted by atomic mass is 79.9. The SMILES string of the molecule is Cc1cnc(Nc2ccc(C(=O)O)cc2Br)cc1[N+](=O)[O-]. The molecule has 2 aromatic rings. The van der Waals surface area contributed by atoms with Gasteiger partial charge in [0.15, 0.2) is 0 Å². The summed E-state index contributed by atoms with van der Waals surface area (Å²) >= 11 is 3.25. The van der Waals surface area contributed by atoms with Crippen molar-refractivity contribution in [3.05, 3.63) is 56.2 Å². The van der Waals surface area contributed by atoms with Gasteiger partial charge in [-0.05, 0) is 41.1 Å². The molecule has 0 atom stereocenters. The third kappa shape index (κ3) is 3.34. The Labute approximate surface area is 127 Å². The highest BCUT2D eigenvalue weighted by molar-refractivity contribution is 9.10. The number of hydrogen-bond donors (Lipinski definition) is 2. The summed E-state index contributed by atoms with van der Waals surface area (Å²) in [7, 11) is 0. The van der Waals surface area contributed by atoms with E-state index in [9.17, 15) is 14.9 Å². The first-order chi connectivity index (χ1) is 9.88. The molecule has 0 fully saturated rings. The lowest BCUT2D eigenvalue weighted by molar-refractivity contribution is -0.385. The maximum Gasteiger partial charge on any atom is 0.335 e. The predicted molar refractivity (Wildman–Crippen MR) is 80.0 cm³/mol. The van der Waals surface area contributed by atoms with Gasteiger partial charge in [0.25, 0.3) is 5.69 Å². The van der Waals surface area contributed by atoms with Crippen LogP contribution in [0.25, 0.3) is 0 Å². The second-order valence-electron chi connectivity index (χ2n) is 4.24. The zero-order chi connectivity index (χ0) is 15.6. The quantitative estimate of drug-likeness (QED) is 0.644. The van der Waals surface area contributed by atoms with Crippen LogP contribution in [-0.2, 0) is 0 Å². The Morgan fingerprint density at radius 3 is 2.71 bits per heavy atom. The highest BCUT2D eigenvalue weighted by Gasteiger charge is 2.13. The number of nitro groups is 1. The van der Waals surface area contributed by atoms with Gasteiger partial charge < -0.3 is 10.4 Å². The Kier molecular flexibility index (Phi) is 4.18. The summed E-state index contributed by atoms with van der Waals surface area (Å²) in [6, 6.07) is 5.75. The molecule has 108 valence electrons. The van der Waals surface area contributed by atoms with E-state index in [0.29, 0.717) is 21.5 Å². The van der Waals surface area contributed by atoms with Crippen molar-refractivity contribution >= 4 is 39.1 Å². The number of halogens is 1. The number of benzene rings is 1. The Morgan fingerprint density at radius 2 is 2.14 bits per heavy atom. The molecule has 21 heavy (non-hydrogen) atoms. The minimum Gasteiger partial charge on any atom is -0.478 e. The molecule has 0 saturated carbocycles. The van der Waals surface area contributed by atoms with E-state index in [2.05, 4.69) is 26.2 Å². The van der Waals surface area contributed by atoms with E-state index in [1.807, 2.05) is 0 Å². The Hall–Kier alpha value is -2.48. The number of pyridine rings is 1. The number of aromatic nitrogens is 1. The number of nitrogens with one attached hydrogen (secondary N) is 1. The van der Waals surface area contributed by atoms with Crippen LogP contribution in [0.1, 0.15) is 15.9 Å². The van der Waals surface area contributed by atoms with Gasteiger partial charge in [-0.2, -0.15) is 0 Å². The van der Waals surface area contributed by atoms with E-state index in [1.54, 1.807) is 13.0 Å². The first kappa shape index (κ1) is 14.9. The van der Waals surface area contributed by atoms with Crippen LogP contribution >= 0.6 is 15.9 Å². The molecule has 0 spiro atoms. The van der Waals surface area contributed by atoms with E-state index >= 15 is 0 Å². The van der Waals surface area contributed by atoms with Crippen molar-refractivity contribution in [2.24, 2.45) is 0 Å². The maximum atomic E-state index is 10.9. The molecule has 0 saturated heterocycles. The number of carbonyl (C=O) groups is 1. The molecule has 7 nitrogen and oxygen atoms in total. The fraction of sp³-hybridized carbons (Fsp3) is 0.0769. The van der Waals surface area contributed by atoms with Crippen molar-refractivity contribution in [1.29, 1.82) is 0 Å². The molecule has 1 aromatic heterocycles. The van der Waals surface area contributed by atoms with E-state index in [0.717, 1.165) is 0 Å². The van der Waals surface area contributed by atoms with Crippen molar-refractivity contribution in [2.75, 3.05) is 5.32 Å². The predicted octanol–water partition coefficient (Wildman–Crippen LogP) is 3.50. The molecule has 0 bridgehead atoms. The summed E-state index contributed by atoms with van der Waals surface area (Å²) in [5.74, 6) is -0.734. The van der Waals surface area contributed by atoms with Gasteiger partial charge in [-0.1, -0.05) is 0 Å². The monoisotopic (exact) mass is 351 g/mol. The summed E-state index contributed by atoms with van der Waals surface area (Å²) in [5, 5.41) is 22.7. The van der Waals surface area contributed by atoms with Crippen LogP contribution < -0.4 is 5.32 Å².